The highest BCUT2D eigenvalue weighted by molar-refractivity contribution is 7.99. The monoisotopic (exact) mass is 247 g/mol. The van der Waals surface area contributed by atoms with Crippen molar-refractivity contribution in [3.05, 3.63) is 31.0 Å². The van der Waals surface area contributed by atoms with E-state index >= 15 is 0 Å². The van der Waals surface area contributed by atoms with Crippen LogP contribution in [-0.4, -0.2) is 26.5 Å². The summed E-state index contributed by atoms with van der Waals surface area (Å²) in [7, 11) is 0. The van der Waals surface area contributed by atoms with Crippen LogP contribution in [0.5, 0.6) is 0 Å². The fourth-order valence-electron chi connectivity index (χ4n) is 1.18. The van der Waals surface area contributed by atoms with Crippen molar-refractivity contribution in [1.82, 2.24) is 19.9 Å². The lowest BCUT2D eigenvalue weighted by molar-refractivity contribution is 0.946. The summed E-state index contributed by atoms with van der Waals surface area (Å²) in [5.74, 6) is 0.797. The van der Waals surface area contributed by atoms with Crippen LogP contribution in [0.3, 0.4) is 0 Å². The van der Waals surface area contributed by atoms with Gasteiger partial charge in [0.25, 0.3) is 0 Å². The Morgan fingerprint density at radius 1 is 1.24 bits per heavy atom. The predicted molar refractivity (Wildman–Crippen MR) is 67.0 cm³/mol. The van der Waals surface area contributed by atoms with Crippen molar-refractivity contribution in [3.63, 3.8) is 0 Å². The van der Waals surface area contributed by atoms with E-state index in [-0.39, 0.29) is 0 Å². The van der Waals surface area contributed by atoms with Gasteiger partial charge in [0.2, 0.25) is 0 Å². The van der Waals surface area contributed by atoms with Gasteiger partial charge in [0.05, 0.1) is 12.4 Å². The molecule has 5 nitrogen and oxygen atoms in total. The summed E-state index contributed by atoms with van der Waals surface area (Å²) in [6.07, 6.45) is 7.74. The minimum Gasteiger partial charge on any atom is -0.369 e. The molecule has 17 heavy (non-hydrogen) atoms. The molecule has 0 bridgehead atoms. The smallest absolute Gasteiger partial charge is 0.145 e. The lowest BCUT2D eigenvalue weighted by Gasteiger charge is -2.04. The average Bonchev–Trinajstić information content (AvgIpc) is 2.38. The van der Waals surface area contributed by atoms with E-state index < -0.39 is 0 Å². The molecular formula is C11H13N5S. The minimum absolute atomic E-state index is 0.797. The number of nitrogens with one attached hydrogen (secondary N) is 1. The molecule has 0 fully saturated rings. The topological polar surface area (TPSA) is 63.6 Å². The number of hydrogen-bond acceptors (Lipinski definition) is 6. The maximum atomic E-state index is 4.43. The maximum absolute atomic E-state index is 4.43. The normalized spacial score (nSPS) is 10.2. The molecule has 6 heteroatoms. The molecule has 88 valence electrons. The van der Waals surface area contributed by atoms with Crippen molar-refractivity contribution in [1.29, 1.82) is 0 Å². The summed E-state index contributed by atoms with van der Waals surface area (Å²) < 4.78 is 0. The van der Waals surface area contributed by atoms with E-state index in [1.54, 1.807) is 18.6 Å². The first-order valence-corrected chi connectivity index (χ1v) is 6.20. The van der Waals surface area contributed by atoms with Crippen LogP contribution in [0.2, 0.25) is 0 Å². The van der Waals surface area contributed by atoms with E-state index in [0.29, 0.717) is 0 Å². The van der Waals surface area contributed by atoms with Gasteiger partial charge in [-0.2, -0.15) is 0 Å². The van der Waals surface area contributed by atoms with Gasteiger partial charge in [-0.15, -0.1) is 0 Å². The Bertz CT molecular complexity index is 462. The molecule has 2 heterocycles. The molecule has 2 rings (SSSR count). The molecule has 0 radical (unpaired) electrons. The molecule has 0 aromatic carbocycles. The maximum Gasteiger partial charge on any atom is 0.145 e. The van der Waals surface area contributed by atoms with Crippen LogP contribution in [0.1, 0.15) is 13.3 Å². The third-order valence-corrected chi connectivity index (χ3v) is 2.79. The molecule has 0 spiro atoms. The summed E-state index contributed by atoms with van der Waals surface area (Å²) in [5.41, 5.74) is 0. The molecule has 0 unspecified atom stereocenters. The van der Waals surface area contributed by atoms with E-state index in [4.69, 9.17) is 0 Å². The molecular weight excluding hydrogens is 234 g/mol. The average molecular weight is 247 g/mol. The van der Waals surface area contributed by atoms with Gasteiger partial charge in [0, 0.05) is 12.7 Å². The fourth-order valence-corrected chi connectivity index (χ4v) is 1.88. The van der Waals surface area contributed by atoms with Gasteiger partial charge in [0.1, 0.15) is 22.2 Å². The first kappa shape index (κ1) is 11.8. The molecule has 1 N–H and O–H groups in total. The van der Waals surface area contributed by atoms with Crippen molar-refractivity contribution in [2.24, 2.45) is 0 Å². The first-order valence-electron chi connectivity index (χ1n) is 5.38. The largest absolute Gasteiger partial charge is 0.369 e. The molecule has 0 aliphatic carbocycles. The van der Waals surface area contributed by atoms with E-state index in [0.717, 1.165) is 28.8 Å². The zero-order chi connectivity index (χ0) is 11.9. The van der Waals surface area contributed by atoms with E-state index in [1.165, 1.54) is 18.1 Å². The number of anilines is 1. The standard InChI is InChI=1S/C11H13N5S/c1-2-4-14-9-6-13-7-11(16-9)17-10-3-5-12-8-15-10/h3,5-8H,2,4H2,1H3,(H,14,16). The fraction of sp³-hybridized carbons (Fsp3) is 0.273. The van der Waals surface area contributed by atoms with Crippen molar-refractivity contribution < 1.29 is 0 Å². The number of hydrogen-bond donors (Lipinski definition) is 1. The molecule has 2 aromatic heterocycles. The van der Waals surface area contributed by atoms with Crippen molar-refractivity contribution >= 4 is 17.6 Å². The highest BCUT2D eigenvalue weighted by Crippen LogP contribution is 2.23. The van der Waals surface area contributed by atoms with Crippen LogP contribution >= 0.6 is 11.8 Å². The summed E-state index contributed by atoms with van der Waals surface area (Å²) in [5, 5.41) is 4.89. The predicted octanol–water partition coefficient (Wildman–Crippen LogP) is 2.24. The van der Waals surface area contributed by atoms with E-state index in [9.17, 15) is 0 Å². The van der Waals surface area contributed by atoms with Crippen LogP contribution in [0.4, 0.5) is 5.82 Å². The highest BCUT2D eigenvalue weighted by Gasteiger charge is 2.01. The lowest BCUT2D eigenvalue weighted by Crippen LogP contribution is -2.02. The van der Waals surface area contributed by atoms with Crippen molar-refractivity contribution in [2.45, 2.75) is 23.4 Å². The zero-order valence-electron chi connectivity index (χ0n) is 9.50. The number of aromatic nitrogens is 4. The van der Waals surface area contributed by atoms with Gasteiger partial charge in [-0.25, -0.2) is 15.0 Å². The summed E-state index contributed by atoms with van der Waals surface area (Å²) in [4.78, 5) is 16.6. The lowest BCUT2D eigenvalue weighted by atomic mass is 10.5. The Morgan fingerprint density at radius 3 is 2.94 bits per heavy atom. The van der Waals surface area contributed by atoms with Gasteiger partial charge in [-0.1, -0.05) is 6.92 Å². The van der Waals surface area contributed by atoms with Crippen LogP contribution in [0.25, 0.3) is 0 Å². The second-order valence-electron chi connectivity index (χ2n) is 3.32. The Morgan fingerprint density at radius 2 is 2.18 bits per heavy atom. The highest BCUT2D eigenvalue weighted by atomic mass is 32.2. The second-order valence-corrected chi connectivity index (χ2v) is 4.36. The van der Waals surface area contributed by atoms with E-state index in [2.05, 4.69) is 32.2 Å². The minimum atomic E-state index is 0.797. The van der Waals surface area contributed by atoms with Gasteiger partial charge in [-0.05, 0) is 24.2 Å². The Labute approximate surface area is 104 Å². The third kappa shape index (κ3) is 3.67. The summed E-state index contributed by atoms with van der Waals surface area (Å²) in [6.45, 7) is 3.01. The molecule has 0 saturated heterocycles. The van der Waals surface area contributed by atoms with Crippen molar-refractivity contribution in [3.8, 4) is 0 Å². The quantitative estimate of drug-likeness (QED) is 0.817. The Kier molecular flexibility index (Phi) is 4.26. The first-order chi connectivity index (χ1) is 8.38. The number of rotatable bonds is 5. The van der Waals surface area contributed by atoms with Gasteiger partial charge >= 0.3 is 0 Å². The van der Waals surface area contributed by atoms with Crippen molar-refractivity contribution in [2.75, 3.05) is 11.9 Å². The van der Waals surface area contributed by atoms with Crippen LogP contribution in [0.15, 0.2) is 41.0 Å². The van der Waals surface area contributed by atoms with Crippen LogP contribution in [0, 0.1) is 0 Å². The summed E-state index contributed by atoms with van der Waals surface area (Å²) >= 11 is 1.47. The van der Waals surface area contributed by atoms with Gasteiger partial charge in [0.15, 0.2) is 0 Å². The van der Waals surface area contributed by atoms with E-state index in [1.807, 2.05) is 6.07 Å². The second kappa shape index (κ2) is 6.15. The van der Waals surface area contributed by atoms with Crippen LogP contribution in [-0.2, 0) is 0 Å². The Balaban J connectivity index is 2.06. The summed E-state index contributed by atoms with van der Waals surface area (Å²) in [6, 6.07) is 1.85. The third-order valence-electron chi connectivity index (χ3n) is 1.93. The Hall–Kier alpha value is -1.69. The molecule has 2 aromatic rings. The molecule has 0 aliphatic heterocycles. The molecule has 0 atom stereocenters. The van der Waals surface area contributed by atoms with Gasteiger partial charge in [-0.3, -0.25) is 4.98 Å². The molecule has 0 saturated carbocycles. The van der Waals surface area contributed by atoms with Crippen LogP contribution < -0.4 is 5.32 Å². The zero-order valence-corrected chi connectivity index (χ0v) is 10.3. The number of nitrogens with zero attached hydrogens (tertiary/aromatic N) is 4. The molecule has 0 aliphatic rings. The SMILES string of the molecule is CCCNc1cncc(Sc2ccncn2)n1. The molecule has 0 amide bonds. The van der Waals surface area contributed by atoms with Gasteiger partial charge < -0.3 is 5.32 Å².